The Kier molecular flexibility index (Phi) is 5.97. The number of amides is 2. The molecule has 1 saturated heterocycles. The van der Waals surface area contributed by atoms with Crippen LogP contribution in [0.3, 0.4) is 0 Å². The van der Waals surface area contributed by atoms with Gasteiger partial charge in [-0.05, 0) is 35.4 Å². The Hall–Kier alpha value is -3.43. The van der Waals surface area contributed by atoms with Crippen molar-refractivity contribution in [2.45, 2.75) is 23.9 Å². The summed E-state index contributed by atoms with van der Waals surface area (Å²) in [5.74, 6) is -0.315. The molecule has 3 heterocycles. The van der Waals surface area contributed by atoms with E-state index < -0.39 is 16.1 Å². The van der Waals surface area contributed by atoms with Gasteiger partial charge in [0.15, 0.2) is 5.76 Å². The van der Waals surface area contributed by atoms with Crippen LogP contribution in [0, 0.1) is 0 Å². The molecule has 1 atom stereocenters. The third-order valence-corrected chi connectivity index (χ3v) is 8.37. The minimum Gasteiger partial charge on any atom is -0.459 e. The molecule has 0 N–H and O–H groups in total. The van der Waals surface area contributed by atoms with Crippen molar-refractivity contribution in [1.29, 1.82) is 0 Å². The van der Waals surface area contributed by atoms with Crippen molar-refractivity contribution in [2.24, 2.45) is 0 Å². The fraction of sp³-hybridized carbons (Fsp3) is 0.280. The molecule has 1 fully saturated rings. The van der Waals surface area contributed by atoms with Gasteiger partial charge in [-0.25, -0.2) is 8.42 Å². The molecular formula is C25H25N3O5S. The van der Waals surface area contributed by atoms with Crippen LogP contribution in [0.15, 0.2) is 82.3 Å². The molecule has 0 spiro atoms. The van der Waals surface area contributed by atoms with Crippen LogP contribution in [0.2, 0.25) is 0 Å². The third-order valence-electron chi connectivity index (χ3n) is 6.46. The van der Waals surface area contributed by atoms with Gasteiger partial charge in [0.1, 0.15) is 6.04 Å². The molecule has 0 radical (unpaired) electrons. The molecule has 9 heteroatoms. The zero-order valence-corrected chi connectivity index (χ0v) is 19.4. The van der Waals surface area contributed by atoms with E-state index in [-0.39, 0.29) is 48.6 Å². The summed E-state index contributed by atoms with van der Waals surface area (Å²) in [6.45, 7) is 1.27. The van der Waals surface area contributed by atoms with Crippen LogP contribution in [0.4, 0.5) is 0 Å². The largest absolute Gasteiger partial charge is 0.459 e. The van der Waals surface area contributed by atoms with Gasteiger partial charge < -0.3 is 14.2 Å². The number of piperazine rings is 1. The number of fused-ring (bicyclic) bond motifs is 1. The van der Waals surface area contributed by atoms with E-state index in [0.717, 1.165) is 11.1 Å². The number of hydrogen-bond acceptors (Lipinski definition) is 5. The summed E-state index contributed by atoms with van der Waals surface area (Å²) in [7, 11) is -3.61. The molecule has 34 heavy (non-hydrogen) atoms. The minimum atomic E-state index is -3.61. The molecule has 5 rings (SSSR count). The first-order chi connectivity index (χ1) is 16.4. The maximum absolute atomic E-state index is 13.6. The first-order valence-electron chi connectivity index (χ1n) is 11.2. The molecular weight excluding hydrogens is 454 g/mol. The van der Waals surface area contributed by atoms with Crippen molar-refractivity contribution in [3.05, 3.63) is 89.9 Å². The van der Waals surface area contributed by atoms with Gasteiger partial charge in [-0.2, -0.15) is 4.31 Å². The lowest BCUT2D eigenvalue weighted by Gasteiger charge is -2.40. The maximum Gasteiger partial charge on any atom is 0.290 e. The van der Waals surface area contributed by atoms with E-state index in [1.54, 1.807) is 52.3 Å². The Morgan fingerprint density at radius 1 is 0.824 bits per heavy atom. The smallest absolute Gasteiger partial charge is 0.290 e. The molecule has 2 aliphatic rings. The second kappa shape index (κ2) is 9.08. The number of furan rings is 1. The Labute approximate surface area is 198 Å². The number of carbonyl (C=O) groups is 2. The summed E-state index contributed by atoms with van der Waals surface area (Å²) in [5.41, 5.74) is 2.04. The molecule has 2 aliphatic heterocycles. The quantitative estimate of drug-likeness (QED) is 0.573. The Morgan fingerprint density at radius 2 is 1.50 bits per heavy atom. The van der Waals surface area contributed by atoms with Gasteiger partial charge in [-0.15, -0.1) is 0 Å². The van der Waals surface area contributed by atoms with Crippen molar-refractivity contribution in [3.8, 4) is 0 Å². The number of rotatable bonds is 4. The number of carbonyl (C=O) groups excluding carboxylic acids is 2. The van der Waals surface area contributed by atoms with Crippen molar-refractivity contribution in [1.82, 2.24) is 14.1 Å². The summed E-state index contributed by atoms with van der Waals surface area (Å²) < 4.78 is 32.6. The van der Waals surface area contributed by atoms with E-state index in [2.05, 4.69) is 0 Å². The van der Waals surface area contributed by atoms with Crippen molar-refractivity contribution < 1.29 is 22.4 Å². The molecule has 3 aromatic rings. The monoisotopic (exact) mass is 479 g/mol. The molecule has 1 aromatic heterocycles. The topological polar surface area (TPSA) is 91.1 Å². The van der Waals surface area contributed by atoms with E-state index in [1.807, 2.05) is 24.3 Å². The summed E-state index contributed by atoms with van der Waals surface area (Å²) in [5, 5.41) is 0. The van der Waals surface area contributed by atoms with Gasteiger partial charge in [0.25, 0.3) is 5.91 Å². The second-order valence-electron chi connectivity index (χ2n) is 8.44. The van der Waals surface area contributed by atoms with Crippen LogP contribution >= 0.6 is 0 Å². The van der Waals surface area contributed by atoms with Gasteiger partial charge in [0.2, 0.25) is 15.9 Å². The molecule has 0 saturated carbocycles. The number of sulfonamides is 1. The highest BCUT2D eigenvalue weighted by Crippen LogP contribution is 2.27. The molecule has 176 valence electrons. The van der Waals surface area contributed by atoms with Gasteiger partial charge in [-0.3, -0.25) is 9.59 Å². The van der Waals surface area contributed by atoms with Crippen molar-refractivity contribution in [3.63, 3.8) is 0 Å². The fourth-order valence-corrected chi connectivity index (χ4v) is 6.04. The van der Waals surface area contributed by atoms with Crippen LogP contribution in [-0.4, -0.2) is 66.6 Å². The van der Waals surface area contributed by atoms with Crippen LogP contribution in [-0.2, 0) is 27.8 Å². The number of benzene rings is 2. The van der Waals surface area contributed by atoms with E-state index in [4.69, 9.17) is 4.42 Å². The van der Waals surface area contributed by atoms with Crippen LogP contribution in [0.25, 0.3) is 0 Å². The normalized spacial score (nSPS) is 19.0. The summed E-state index contributed by atoms with van der Waals surface area (Å²) in [4.78, 5) is 30.3. The Balaban J connectivity index is 1.34. The van der Waals surface area contributed by atoms with Crippen molar-refractivity contribution >= 4 is 21.8 Å². The number of nitrogens with zero attached hydrogens (tertiary/aromatic N) is 3. The zero-order chi connectivity index (χ0) is 23.7. The van der Waals surface area contributed by atoms with Gasteiger partial charge in [-0.1, -0.05) is 42.5 Å². The third kappa shape index (κ3) is 4.12. The first kappa shape index (κ1) is 22.4. The highest BCUT2D eigenvalue weighted by atomic mass is 32.2. The van der Waals surface area contributed by atoms with E-state index in [1.165, 1.54) is 10.6 Å². The Bertz CT molecular complexity index is 1280. The molecule has 0 bridgehead atoms. The predicted octanol–water partition coefficient (Wildman–Crippen LogP) is 2.38. The first-order valence-corrected chi connectivity index (χ1v) is 12.6. The van der Waals surface area contributed by atoms with Crippen LogP contribution < -0.4 is 0 Å². The molecule has 2 aromatic carbocycles. The second-order valence-corrected chi connectivity index (χ2v) is 10.4. The average molecular weight is 480 g/mol. The predicted molar refractivity (Wildman–Crippen MR) is 124 cm³/mol. The Morgan fingerprint density at radius 3 is 2.18 bits per heavy atom. The van der Waals surface area contributed by atoms with Gasteiger partial charge >= 0.3 is 0 Å². The van der Waals surface area contributed by atoms with Gasteiger partial charge in [0.05, 0.1) is 11.2 Å². The lowest BCUT2D eigenvalue weighted by Crippen LogP contribution is -2.58. The highest BCUT2D eigenvalue weighted by Gasteiger charge is 2.39. The van der Waals surface area contributed by atoms with E-state index in [9.17, 15) is 18.0 Å². The summed E-state index contributed by atoms with van der Waals surface area (Å²) >= 11 is 0. The number of hydrogen-bond donors (Lipinski definition) is 0. The maximum atomic E-state index is 13.6. The van der Waals surface area contributed by atoms with E-state index >= 15 is 0 Å². The fourth-order valence-electron chi connectivity index (χ4n) is 4.60. The van der Waals surface area contributed by atoms with Gasteiger partial charge in [0, 0.05) is 39.1 Å². The molecule has 0 aliphatic carbocycles. The van der Waals surface area contributed by atoms with Crippen molar-refractivity contribution in [2.75, 3.05) is 26.2 Å². The van der Waals surface area contributed by atoms with Crippen LogP contribution in [0.5, 0.6) is 0 Å². The standard InChI is InChI=1S/C25H25N3O5S/c29-24(26-12-14-27(15-13-26)34(31,32)21-9-2-1-3-10-21)22-17-19-7-4-5-8-20(19)18-28(22)25(30)23-11-6-16-33-23/h1-11,16,22H,12-15,17-18H2. The zero-order valence-electron chi connectivity index (χ0n) is 18.5. The average Bonchev–Trinajstić information content (AvgIpc) is 3.43. The van der Waals surface area contributed by atoms with E-state index in [0.29, 0.717) is 13.0 Å². The summed E-state index contributed by atoms with van der Waals surface area (Å²) in [6.07, 6.45) is 1.85. The SMILES string of the molecule is O=C(C1Cc2ccccc2CN1C(=O)c1ccco1)N1CCN(S(=O)(=O)c2ccccc2)CC1. The summed E-state index contributed by atoms with van der Waals surface area (Å²) in [6, 6.07) is 18.7. The highest BCUT2D eigenvalue weighted by molar-refractivity contribution is 7.89. The molecule has 2 amide bonds. The molecule has 1 unspecified atom stereocenters. The molecule has 8 nitrogen and oxygen atoms in total. The minimum absolute atomic E-state index is 0.175. The lowest BCUT2D eigenvalue weighted by molar-refractivity contribution is -0.137. The van der Waals surface area contributed by atoms with Crippen LogP contribution in [0.1, 0.15) is 21.7 Å². The lowest BCUT2D eigenvalue weighted by atomic mass is 9.92.